The van der Waals surface area contributed by atoms with E-state index in [9.17, 15) is 9.59 Å². The predicted octanol–water partition coefficient (Wildman–Crippen LogP) is 3.33. The molecule has 1 aromatic heterocycles. The van der Waals surface area contributed by atoms with E-state index in [4.69, 9.17) is 9.15 Å². The Morgan fingerprint density at radius 2 is 2.12 bits per heavy atom. The molecule has 0 atom stereocenters. The maximum absolute atomic E-state index is 12.4. The van der Waals surface area contributed by atoms with Crippen molar-refractivity contribution < 1.29 is 13.9 Å². The number of amides is 1. The van der Waals surface area contributed by atoms with Crippen LogP contribution in [-0.2, 0) is 0 Å². The van der Waals surface area contributed by atoms with Crippen LogP contribution in [0.1, 0.15) is 15.9 Å². The highest BCUT2D eigenvalue weighted by atomic mass is 79.9. The maximum atomic E-state index is 12.4. The van der Waals surface area contributed by atoms with Gasteiger partial charge in [-0.2, -0.15) is 5.10 Å². The first kappa shape index (κ1) is 16.9. The minimum Gasteiger partial charge on any atom is -0.497 e. The van der Waals surface area contributed by atoms with Crippen LogP contribution in [0.2, 0.25) is 0 Å². The zero-order valence-electron chi connectivity index (χ0n) is 13.2. The van der Waals surface area contributed by atoms with Gasteiger partial charge in [0.15, 0.2) is 0 Å². The van der Waals surface area contributed by atoms with E-state index in [2.05, 4.69) is 26.5 Å². The molecular formula is C18H13BrN2O4. The number of hydrogen-bond acceptors (Lipinski definition) is 5. The number of methoxy groups -OCH3 is 1. The van der Waals surface area contributed by atoms with Gasteiger partial charge < -0.3 is 9.15 Å². The molecule has 0 unspecified atom stereocenters. The van der Waals surface area contributed by atoms with Crippen LogP contribution < -0.4 is 15.6 Å². The van der Waals surface area contributed by atoms with E-state index in [0.717, 1.165) is 4.47 Å². The largest absolute Gasteiger partial charge is 0.497 e. The fraction of sp³-hybridized carbons (Fsp3) is 0.0556. The molecule has 6 nitrogen and oxygen atoms in total. The van der Waals surface area contributed by atoms with Crippen LogP contribution >= 0.6 is 15.9 Å². The number of nitrogens with zero attached hydrogens (tertiary/aromatic N) is 1. The van der Waals surface area contributed by atoms with Crippen molar-refractivity contribution in [3.8, 4) is 5.75 Å². The Morgan fingerprint density at radius 3 is 2.92 bits per heavy atom. The van der Waals surface area contributed by atoms with Gasteiger partial charge in [-0.1, -0.05) is 22.0 Å². The van der Waals surface area contributed by atoms with Crippen molar-refractivity contribution >= 4 is 39.0 Å². The number of hydrazone groups is 1. The van der Waals surface area contributed by atoms with Crippen LogP contribution in [0.5, 0.6) is 5.75 Å². The smallest absolute Gasteiger partial charge is 0.271 e. The van der Waals surface area contributed by atoms with E-state index in [1.807, 2.05) is 0 Å². The summed E-state index contributed by atoms with van der Waals surface area (Å²) in [4.78, 5) is 24.5. The summed E-state index contributed by atoms with van der Waals surface area (Å²) in [6.45, 7) is 0. The van der Waals surface area contributed by atoms with E-state index in [1.54, 1.807) is 42.5 Å². The van der Waals surface area contributed by atoms with Gasteiger partial charge in [0, 0.05) is 10.0 Å². The van der Waals surface area contributed by atoms with Gasteiger partial charge in [0.05, 0.1) is 24.3 Å². The molecule has 0 spiro atoms. The predicted molar refractivity (Wildman–Crippen MR) is 98.2 cm³/mol. The number of halogens is 1. The second-order valence-electron chi connectivity index (χ2n) is 5.09. The van der Waals surface area contributed by atoms with E-state index in [1.165, 1.54) is 19.6 Å². The first-order chi connectivity index (χ1) is 12.1. The van der Waals surface area contributed by atoms with Crippen molar-refractivity contribution in [3.05, 3.63) is 74.6 Å². The van der Waals surface area contributed by atoms with Gasteiger partial charge in [-0.3, -0.25) is 9.59 Å². The Hall–Kier alpha value is -2.93. The number of carbonyl (C=O) groups excluding carboxylic acids is 1. The Morgan fingerprint density at radius 1 is 1.28 bits per heavy atom. The van der Waals surface area contributed by atoms with Crippen LogP contribution in [-0.4, -0.2) is 19.2 Å². The van der Waals surface area contributed by atoms with E-state index >= 15 is 0 Å². The molecule has 0 saturated carbocycles. The summed E-state index contributed by atoms with van der Waals surface area (Å²) < 4.78 is 11.2. The molecule has 126 valence electrons. The van der Waals surface area contributed by atoms with E-state index in [0.29, 0.717) is 22.3 Å². The number of rotatable bonds is 4. The van der Waals surface area contributed by atoms with E-state index < -0.39 is 5.91 Å². The zero-order valence-corrected chi connectivity index (χ0v) is 14.7. The van der Waals surface area contributed by atoms with Crippen LogP contribution in [0.25, 0.3) is 11.0 Å². The molecule has 2 aromatic carbocycles. The van der Waals surface area contributed by atoms with Crippen molar-refractivity contribution in [3.63, 3.8) is 0 Å². The Balaban J connectivity index is 1.80. The third-order valence-corrected chi connectivity index (χ3v) is 3.96. The normalized spacial score (nSPS) is 11.0. The molecule has 0 saturated heterocycles. The minimum absolute atomic E-state index is 0.233. The van der Waals surface area contributed by atoms with Crippen LogP contribution in [0.4, 0.5) is 0 Å². The lowest BCUT2D eigenvalue weighted by Gasteiger charge is -2.03. The van der Waals surface area contributed by atoms with Gasteiger partial charge >= 0.3 is 0 Å². The van der Waals surface area contributed by atoms with Gasteiger partial charge in [-0.25, -0.2) is 5.43 Å². The van der Waals surface area contributed by atoms with Crippen molar-refractivity contribution in [2.45, 2.75) is 0 Å². The van der Waals surface area contributed by atoms with Crippen molar-refractivity contribution in [1.29, 1.82) is 0 Å². The summed E-state index contributed by atoms with van der Waals surface area (Å²) in [6, 6.07) is 11.8. The third-order valence-electron chi connectivity index (χ3n) is 3.46. The van der Waals surface area contributed by atoms with Gasteiger partial charge in [-0.05, 0) is 36.4 Å². The number of benzene rings is 2. The molecule has 3 aromatic rings. The highest BCUT2D eigenvalue weighted by molar-refractivity contribution is 9.10. The van der Waals surface area contributed by atoms with E-state index in [-0.39, 0.29) is 11.0 Å². The van der Waals surface area contributed by atoms with Gasteiger partial charge in [0.2, 0.25) is 5.43 Å². The number of ether oxygens (including phenoxy) is 1. The lowest BCUT2D eigenvalue weighted by atomic mass is 10.2. The Bertz CT molecular complexity index is 1030. The fourth-order valence-electron chi connectivity index (χ4n) is 2.20. The molecular weight excluding hydrogens is 388 g/mol. The monoisotopic (exact) mass is 400 g/mol. The van der Waals surface area contributed by atoms with Crippen LogP contribution in [0.3, 0.4) is 0 Å². The van der Waals surface area contributed by atoms with Crippen molar-refractivity contribution in [1.82, 2.24) is 5.43 Å². The molecule has 0 bridgehead atoms. The van der Waals surface area contributed by atoms with Gasteiger partial charge in [-0.15, -0.1) is 0 Å². The average molecular weight is 401 g/mol. The molecule has 3 rings (SSSR count). The second kappa shape index (κ2) is 7.31. The average Bonchev–Trinajstić information content (AvgIpc) is 2.64. The summed E-state index contributed by atoms with van der Waals surface area (Å²) in [5.74, 6) is 0.153. The number of hydrogen-bond donors (Lipinski definition) is 1. The number of carbonyl (C=O) groups is 1. The molecule has 1 heterocycles. The molecule has 0 aliphatic carbocycles. The topological polar surface area (TPSA) is 80.9 Å². The molecule has 1 N–H and O–H groups in total. The highest BCUT2D eigenvalue weighted by Crippen LogP contribution is 2.17. The van der Waals surface area contributed by atoms with Gasteiger partial charge in [0.25, 0.3) is 5.91 Å². The number of nitrogens with one attached hydrogen (secondary N) is 1. The van der Waals surface area contributed by atoms with Crippen LogP contribution in [0, 0.1) is 0 Å². The summed E-state index contributed by atoms with van der Waals surface area (Å²) >= 11 is 3.32. The molecule has 0 radical (unpaired) electrons. The fourth-order valence-corrected chi connectivity index (χ4v) is 2.56. The summed E-state index contributed by atoms with van der Waals surface area (Å²) in [5.41, 5.74) is 3.24. The summed E-state index contributed by atoms with van der Waals surface area (Å²) in [7, 11) is 1.52. The first-order valence-electron chi connectivity index (χ1n) is 7.27. The lowest BCUT2D eigenvalue weighted by Crippen LogP contribution is -2.18. The Kier molecular flexibility index (Phi) is 4.95. The van der Waals surface area contributed by atoms with Crippen molar-refractivity contribution in [2.24, 2.45) is 5.10 Å². The SMILES string of the molecule is COc1cccc(C(=O)N/N=C/c2coc3ccc(Br)cc3c2=O)c1. The van der Waals surface area contributed by atoms with Crippen LogP contribution in [0.15, 0.2) is 67.5 Å². The number of fused-ring (bicyclic) bond motifs is 1. The lowest BCUT2D eigenvalue weighted by molar-refractivity contribution is 0.0955. The molecule has 0 aliphatic rings. The summed E-state index contributed by atoms with van der Waals surface area (Å²) in [5, 5.41) is 4.25. The molecule has 25 heavy (non-hydrogen) atoms. The maximum Gasteiger partial charge on any atom is 0.271 e. The first-order valence-corrected chi connectivity index (χ1v) is 8.06. The summed E-state index contributed by atoms with van der Waals surface area (Å²) in [6.07, 6.45) is 2.56. The van der Waals surface area contributed by atoms with Crippen molar-refractivity contribution in [2.75, 3.05) is 7.11 Å². The molecule has 1 amide bonds. The zero-order chi connectivity index (χ0) is 17.8. The quantitative estimate of drug-likeness (QED) is 0.537. The molecule has 7 heteroatoms. The minimum atomic E-state index is -0.414. The molecule has 0 fully saturated rings. The Labute approximate surface area is 151 Å². The highest BCUT2D eigenvalue weighted by Gasteiger charge is 2.07. The third kappa shape index (κ3) is 3.77. The standard InChI is InChI=1S/C18H13BrN2O4/c1-24-14-4-2-3-11(7-14)18(23)21-20-9-12-10-25-16-6-5-13(19)8-15(16)17(12)22/h2-10H,1H3,(H,21,23)/b20-9+. The second-order valence-corrected chi connectivity index (χ2v) is 6.01. The molecule has 0 aliphatic heterocycles. The van der Waals surface area contributed by atoms with Gasteiger partial charge in [0.1, 0.15) is 17.6 Å².